The van der Waals surface area contributed by atoms with Gasteiger partial charge in [0.15, 0.2) is 0 Å². The predicted octanol–water partition coefficient (Wildman–Crippen LogP) is 4.81. The number of halogens is 1. The summed E-state index contributed by atoms with van der Waals surface area (Å²) in [6.45, 7) is 7.59. The van der Waals surface area contributed by atoms with Crippen LogP contribution in [0.25, 0.3) is 0 Å². The third-order valence-electron chi connectivity index (χ3n) is 4.48. The summed E-state index contributed by atoms with van der Waals surface area (Å²) in [4.78, 5) is 6.92. The van der Waals surface area contributed by atoms with E-state index in [2.05, 4.69) is 47.2 Å². The van der Waals surface area contributed by atoms with Crippen LogP contribution in [0, 0.1) is 6.92 Å². The van der Waals surface area contributed by atoms with E-state index < -0.39 is 0 Å². The summed E-state index contributed by atoms with van der Waals surface area (Å²) in [7, 11) is 0. The Hall–Kier alpha value is -1.58. The Morgan fingerprint density at radius 2 is 2.09 bits per heavy atom. The van der Waals surface area contributed by atoms with E-state index in [1.54, 1.807) is 0 Å². The first-order chi connectivity index (χ1) is 11.2. The number of pyridine rings is 1. The lowest BCUT2D eigenvalue weighted by Crippen LogP contribution is -2.36. The SMILES string of the molecule is CC[C@@H](Nc1ccnc(CN2CCC2)c1)c1ccc(Cl)c(C)c1. The molecule has 1 aromatic heterocycles. The van der Waals surface area contributed by atoms with Gasteiger partial charge < -0.3 is 5.32 Å². The molecule has 1 aromatic carbocycles. The number of hydrogen-bond donors (Lipinski definition) is 1. The highest BCUT2D eigenvalue weighted by Crippen LogP contribution is 2.26. The minimum atomic E-state index is 0.283. The molecule has 0 spiro atoms. The lowest BCUT2D eigenvalue weighted by molar-refractivity contribution is 0.170. The zero-order chi connectivity index (χ0) is 16.2. The van der Waals surface area contributed by atoms with E-state index in [9.17, 15) is 0 Å². The van der Waals surface area contributed by atoms with Gasteiger partial charge in [-0.25, -0.2) is 0 Å². The van der Waals surface area contributed by atoms with Crippen LogP contribution in [0.2, 0.25) is 5.02 Å². The molecule has 1 atom stereocenters. The molecule has 4 heteroatoms. The molecule has 0 unspecified atom stereocenters. The second-order valence-electron chi connectivity index (χ2n) is 6.28. The van der Waals surface area contributed by atoms with E-state index in [0.29, 0.717) is 0 Å². The Labute approximate surface area is 143 Å². The lowest BCUT2D eigenvalue weighted by Gasteiger charge is -2.30. The number of aromatic nitrogens is 1. The molecule has 1 aliphatic rings. The molecule has 0 bridgehead atoms. The van der Waals surface area contributed by atoms with Gasteiger partial charge in [0.2, 0.25) is 0 Å². The minimum Gasteiger partial charge on any atom is -0.378 e. The third-order valence-corrected chi connectivity index (χ3v) is 4.91. The highest BCUT2D eigenvalue weighted by atomic mass is 35.5. The molecule has 0 amide bonds. The third kappa shape index (κ3) is 4.04. The number of hydrogen-bond acceptors (Lipinski definition) is 3. The van der Waals surface area contributed by atoms with E-state index in [4.69, 9.17) is 11.6 Å². The fourth-order valence-electron chi connectivity index (χ4n) is 2.93. The molecule has 0 radical (unpaired) electrons. The lowest BCUT2D eigenvalue weighted by atomic mass is 10.0. The average Bonchev–Trinajstić information content (AvgIpc) is 2.52. The monoisotopic (exact) mass is 329 g/mol. The van der Waals surface area contributed by atoms with E-state index in [1.807, 2.05) is 18.3 Å². The van der Waals surface area contributed by atoms with Crippen molar-refractivity contribution < 1.29 is 0 Å². The first kappa shape index (κ1) is 16.3. The van der Waals surface area contributed by atoms with Crippen molar-refractivity contribution in [2.45, 2.75) is 39.3 Å². The molecule has 1 aliphatic heterocycles. The number of anilines is 1. The molecule has 2 aromatic rings. The molecule has 23 heavy (non-hydrogen) atoms. The number of rotatable bonds is 6. The summed E-state index contributed by atoms with van der Waals surface area (Å²) in [6, 6.07) is 10.8. The number of nitrogens with zero attached hydrogens (tertiary/aromatic N) is 2. The maximum Gasteiger partial charge on any atom is 0.0564 e. The van der Waals surface area contributed by atoms with Crippen LogP contribution in [0.3, 0.4) is 0 Å². The zero-order valence-electron chi connectivity index (χ0n) is 13.8. The highest BCUT2D eigenvalue weighted by molar-refractivity contribution is 6.31. The van der Waals surface area contributed by atoms with Crippen LogP contribution in [0.4, 0.5) is 5.69 Å². The van der Waals surface area contributed by atoms with Crippen LogP contribution < -0.4 is 5.32 Å². The van der Waals surface area contributed by atoms with Gasteiger partial charge in [0.05, 0.1) is 11.7 Å². The van der Waals surface area contributed by atoms with Crippen molar-refractivity contribution in [3.8, 4) is 0 Å². The molecule has 3 nitrogen and oxygen atoms in total. The van der Waals surface area contributed by atoms with Crippen molar-refractivity contribution in [2.24, 2.45) is 0 Å². The first-order valence-electron chi connectivity index (χ1n) is 8.35. The van der Waals surface area contributed by atoms with Gasteiger partial charge >= 0.3 is 0 Å². The molecule has 2 heterocycles. The van der Waals surface area contributed by atoms with Gasteiger partial charge in [-0.3, -0.25) is 9.88 Å². The van der Waals surface area contributed by atoms with Crippen molar-refractivity contribution in [1.29, 1.82) is 0 Å². The normalized spacial score (nSPS) is 16.0. The number of aryl methyl sites for hydroxylation is 1. The van der Waals surface area contributed by atoms with Crippen molar-refractivity contribution in [3.05, 3.63) is 58.4 Å². The Kier molecular flexibility index (Phi) is 5.19. The van der Waals surface area contributed by atoms with Gasteiger partial charge in [0.25, 0.3) is 0 Å². The predicted molar refractivity (Wildman–Crippen MR) is 97.0 cm³/mol. The van der Waals surface area contributed by atoms with E-state index in [1.165, 1.54) is 25.1 Å². The van der Waals surface area contributed by atoms with Crippen molar-refractivity contribution in [1.82, 2.24) is 9.88 Å². The van der Waals surface area contributed by atoms with Gasteiger partial charge in [-0.05, 0) is 62.2 Å². The molecule has 1 saturated heterocycles. The fraction of sp³-hybridized carbons (Fsp3) is 0.421. The van der Waals surface area contributed by atoms with Crippen LogP contribution in [0.1, 0.15) is 42.6 Å². The molecule has 1 fully saturated rings. The Balaban J connectivity index is 1.72. The van der Waals surface area contributed by atoms with Crippen LogP contribution in [-0.2, 0) is 6.54 Å². The molecule has 3 rings (SSSR count). The summed E-state index contributed by atoms with van der Waals surface area (Å²) in [6.07, 6.45) is 4.23. The van der Waals surface area contributed by atoms with Crippen LogP contribution in [0.5, 0.6) is 0 Å². The molecule has 1 N–H and O–H groups in total. The number of likely N-dealkylation sites (tertiary alicyclic amines) is 1. The quantitative estimate of drug-likeness (QED) is 0.824. The van der Waals surface area contributed by atoms with E-state index in [-0.39, 0.29) is 6.04 Å². The summed E-state index contributed by atoms with van der Waals surface area (Å²) in [5.74, 6) is 0. The van der Waals surface area contributed by atoms with Crippen LogP contribution in [0.15, 0.2) is 36.5 Å². The first-order valence-corrected chi connectivity index (χ1v) is 8.73. The van der Waals surface area contributed by atoms with Gasteiger partial charge in [0.1, 0.15) is 0 Å². The van der Waals surface area contributed by atoms with E-state index >= 15 is 0 Å². The largest absolute Gasteiger partial charge is 0.378 e. The molecule has 0 saturated carbocycles. The summed E-state index contributed by atoms with van der Waals surface area (Å²) < 4.78 is 0. The molecule has 122 valence electrons. The smallest absolute Gasteiger partial charge is 0.0564 e. The average molecular weight is 330 g/mol. The standard InChI is InChI=1S/C19H24ClN3/c1-3-19(15-5-6-18(20)14(2)11-15)22-16-7-8-21-17(12-16)13-23-9-4-10-23/h5-8,11-12,19H,3-4,9-10,13H2,1-2H3,(H,21,22)/t19-/m1/s1. The summed E-state index contributed by atoms with van der Waals surface area (Å²) in [5, 5.41) is 4.46. The zero-order valence-corrected chi connectivity index (χ0v) is 14.6. The van der Waals surface area contributed by atoms with Gasteiger partial charge in [0, 0.05) is 23.5 Å². The minimum absolute atomic E-state index is 0.283. The fourth-order valence-corrected chi connectivity index (χ4v) is 3.05. The number of benzene rings is 1. The topological polar surface area (TPSA) is 28.2 Å². The maximum atomic E-state index is 6.14. The van der Waals surface area contributed by atoms with Gasteiger partial charge in [-0.15, -0.1) is 0 Å². The molecule has 0 aliphatic carbocycles. The molecular formula is C19H24ClN3. The van der Waals surface area contributed by atoms with E-state index in [0.717, 1.165) is 34.9 Å². The van der Waals surface area contributed by atoms with Crippen molar-refractivity contribution in [3.63, 3.8) is 0 Å². The van der Waals surface area contributed by atoms with Gasteiger partial charge in [-0.2, -0.15) is 0 Å². The van der Waals surface area contributed by atoms with Crippen LogP contribution >= 0.6 is 11.6 Å². The Morgan fingerprint density at radius 1 is 1.26 bits per heavy atom. The Bertz CT molecular complexity index is 667. The van der Waals surface area contributed by atoms with Crippen LogP contribution in [-0.4, -0.2) is 23.0 Å². The summed E-state index contributed by atoms with van der Waals surface area (Å²) in [5.41, 5.74) is 4.67. The Morgan fingerprint density at radius 3 is 2.74 bits per heavy atom. The summed E-state index contributed by atoms with van der Waals surface area (Å²) >= 11 is 6.14. The second kappa shape index (κ2) is 7.33. The maximum absolute atomic E-state index is 6.14. The van der Waals surface area contributed by atoms with Crippen molar-refractivity contribution >= 4 is 17.3 Å². The second-order valence-corrected chi connectivity index (χ2v) is 6.69. The number of nitrogens with one attached hydrogen (secondary N) is 1. The van der Waals surface area contributed by atoms with Crippen molar-refractivity contribution in [2.75, 3.05) is 18.4 Å². The van der Waals surface area contributed by atoms with Gasteiger partial charge in [-0.1, -0.05) is 30.7 Å². The molecular weight excluding hydrogens is 306 g/mol. The highest BCUT2D eigenvalue weighted by Gasteiger charge is 2.15.